The van der Waals surface area contributed by atoms with Crippen molar-refractivity contribution in [3.8, 4) is 0 Å². The van der Waals surface area contributed by atoms with Crippen LogP contribution in [-0.2, 0) is 4.79 Å². The molecule has 1 atom stereocenters. The molecule has 0 aromatic heterocycles. The Kier molecular flexibility index (Phi) is 4.76. The van der Waals surface area contributed by atoms with Crippen LogP contribution in [0.3, 0.4) is 0 Å². The van der Waals surface area contributed by atoms with Crippen molar-refractivity contribution < 1.29 is 9.90 Å². The number of carbonyl (C=O) groups is 1. The van der Waals surface area contributed by atoms with Crippen molar-refractivity contribution in [2.45, 2.75) is 31.2 Å². The van der Waals surface area contributed by atoms with Gasteiger partial charge in [-0.05, 0) is 20.8 Å². The number of hydrogen-bond acceptors (Lipinski definition) is 3. The Morgan fingerprint density at radius 1 is 1.38 bits per heavy atom. The average molecular weight is 293 g/mol. The lowest BCUT2D eigenvalue weighted by Crippen LogP contribution is -2.53. The van der Waals surface area contributed by atoms with Crippen molar-refractivity contribution in [3.63, 3.8) is 0 Å². The molecule has 5 heteroatoms. The zero-order valence-corrected chi connectivity index (χ0v) is 11.8. The molecule has 0 saturated carbocycles. The van der Waals surface area contributed by atoms with Gasteiger partial charge >= 0.3 is 0 Å². The molecule has 1 fully saturated rings. The van der Waals surface area contributed by atoms with Crippen molar-refractivity contribution in [2.75, 3.05) is 32.7 Å². The average Bonchev–Trinajstić information content (AvgIpc) is 2.15. The Labute approximate surface area is 106 Å². The third kappa shape index (κ3) is 4.39. The van der Waals surface area contributed by atoms with Crippen molar-refractivity contribution in [1.29, 1.82) is 0 Å². The molecule has 1 saturated heterocycles. The number of carbonyl (C=O) groups excluding carboxylic acids is 1. The van der Waals surface area contributed by atoms with E-state index in [1.165, 1.54) is 0 Å². The van der Waals surface area contributed by atoms with Gasteiger partial charge in [0, 0.05) is 32.7 Å². The summed E-state index contributed by atoms with van der Waals surface area (Å²) in [5, 5.41) is 9.70. The van der Waals surface area contributed by atoms with Gasteiger partial charge in [-0.15, -0.1) is 0 Å². The molecule has 0 aliphatic carbocycles. The molecule has 16 heavy (non-hydrogen) atoms. The first-order chi connectivity index (χ1) is 7.29. The lowest BCUT2D eigenvalue weighted by molar-refractivity contribution is -0.132. The smallest absolute Gasteiger partial charge is 0.236 e. The van der Waals surface area contributed by atoms with E-state index in [2.05, 4.69) is 20.8 Å². The Morgan fingerprint density at radius 2 is 1.88 bits per heavy atom. The van der Waals surface area contributed by atoms with Crippen molar-refractivity contribution in [1.82, 2.24) is 9.80 Å². The highest BCUT2D eigenvalue weighted by molar-refractivity contribution is 9.10. The molecule has 0 bridgehead atoms. The predicted octanol–water partition coefficient (Wildman–Crippen LogP) is 0.685. The summed E-state index contributed by atoms with van der Waals surface area (Å²) in [5.41, 5.74) is -0.658. The van der Waals surface area contributed by atoms with Gasteiger partial charge in [-0.3, -0.25) is 9.69 Å². The van der Waals surface area contributed by atoms with Crippen molar-refractivity contribution in [2.24, 2.45) is 0 Å². The van der Waals surface area contributed by atoms with E-state index in [1.54, 1.807) is 0 Å². The maximum atomic E-state index is 11.7. The van der Waals surface area contributed by atoms with E-state index < -0.39 is 5.60 Å². The molecule has 4 nitrogen and oxygen atoms in total. The highest BCUT2D eigenvalue weighted by atomic mass is 79.9. The summed E-state index contributed by atoms with van der Waals surface area (Å²) in [4.78, 5) is 15.7. The second kappa shape index (κ2) is 5.47. The van der Waals surface area contributed by atoms with Crippen LogP contribution in [0.5, 0.6) is 0 Å². The molecule has 1 N–H and O–H groups in total. The number of β-amino-alcohol motifs (C(OH)–C–C–N with tert-alkyl or cyclic N) is 1. The minimum atomic E-state index is -0.658. The molecule has 0 aromatic carbocycles. The summed E-state index contributed by atoms with van der Waals surface area (Å²) < 4.78 is 0. The van der Waals surface area contributed by atoms with Gasteiger partial charge in [0.1, 0.15) is 0 Å². The predicted molar refractivity (Wildman–Crippen MR) is 67.7 cm³/mol. The van der Waals surface area contributed by atoms with Crippen LogP contribution in [0.15, 0.2) is 0 Å². The summed E-state index contributed by atoms with van der Waals surface area (Å²) in [5.74, 6) is 0.155. The number of hydrogen-bond donors (Lipinski definition) is 1. The molecule has 1 amide bonds. The van der Waals surface area contributed by atoms with Crippen LogP contribution in [0.4, 0.5) is 0 Å². The molecule has 1 heterocycles. The molecule has 94 valence electrons. The normalized spacial score (nSPS) is 20.9. The number of amides is 1. The van der Waals surface area contributed by atoms with Crippen LogP contribution < -0.4 is 0 Å². The largest absolute Gasteiger partial charge is 0.389 e. The highest BCUT2D eigenvalue weighted by Crippen LogP contribution is 2.11. The van der Waals surface area contributed by atoms with Gasteiger partial charge in [0.05, 0.1) is 10.4 Å². The highest BCUT2D eigenvalue weighted by Gasteiger charge is 2.26. The topological polar surface area (TPSA) is 43.8 Å². The zero-order valence-electron chi connectivity index (χ0n) is 10.2. The molecule has 0 spiro atoms. The van der Waals surface area contributed by atoms with Gasteiger partial charge in [-0.25, -0.2) is 0 Å². The second-order valence-corrected chi connectivity index (χ2v) is 6.40. The SMILES string of the molecule is CC(Br)C(=O)N1CCN(CC(C)(C)O)CC1. The van der Waals surface area contributed by atoms with Gasteiger partial charge in [-0.1, -0.05) is 15.9 Å². The van der Waals surface area contributed by atoms with Gasteiger partial charge in [0.15, 0.2) is 0 Å². The summed E-state index contributed by atoms with van der Waals surface area (Å²) in [6, 6.07) is 0. The minimum Gasteiger partial charge on any atom is -0.389 e. The van der Waals surface area contributed by atoms with Gasteiger partial charge in [0.25, 0.3) is 0 Å². The number of halogens is 1. The summed E-state index contributed by atoms with van der Waals surface area (Å²) in [6.45, 7) is 9.33. The van der Waals surface area contributed by atoms with Crippen LogP contribution in [0.1, 0.15) is 20.8 Å². The Morgan fingerprint density at radius 3 is 2.25 bits per heavy atom. The first-order valence-electron chi connectivity index (χ1n) is 5.67. The van der Waals surface area contributed by atoms with Crippen LogP contribution in [-0.4, -0.2) is 64.0 Å². The van der Waals surface area contributed by atoms with E-state index in [0.717, 1.165) is 26.2 Å². The third-order valence-corrected chi connectivity index (χ3v) is 3.03. The maximum absolute atomic E-state index is 11.7. The van der Waals surface area contributed by atoms with E-state index in [0.29, 0.717) is 6.54 Å². The van der Waals surface area contributed by atoms with Gasteiger partial charge in [0.2, 0.25) is 5.91 Å². The number of nitrogens with zero attached hydrogens (tertiary/aromatic N) is 2. The number of alkyl halides is 1. The zero-order chi connectivity index (χ0) is 12.3. The van der Waals surface area contributed by atoms with Crippen LogP contribution in [0, 0.1) is 0 Å². The van der Waals surface area contributed by atoms with E-state index in [-0.39, 0.29) is 10.7 Å². The Hall–Kier alpha value is -0.130. The molecule has 1 unspecified atom stereocenters. The molecular weight excluding hydrogens is 272 g/mol. The number of aliphatic hydroxyl groups is 1. The molecule has 1 aliphatic heterocycles. The molecule has 1 rings (SSSR count). The van der Waals surface area contributed by atoms with E-state index in [1.807, 2.05) is 25.7 Å². The Bertz CT molecular complexity index is 243. The number of piperazine rings is 1. The van der Waals surface area contributed by atoms with Gasteiger partial charge < -0.3 is 10.0 Å². The van der Waals surface area contributed by atoms with Crippen LogP contribution in [0.2, 0.25) is 0 Å². The monoisotopic (exact) mass is 292 g/mol. The van der Waals surface area contributed by atoms with Crippen molar-refractivity contribution >= 4 is 21.8 Å². The fraction of sp³-hybridized carbons (Fsp3) is 0.909. The fourth-order valence-electron chi connectivity index (χ4n) is 1.93. The summed E-state index contributed by atoms with van der Waals surface area (Å²) in [6.07, 6.45) is 0. The summed E-state index contributed by atoms with van der Waals surface area (Å²) >= 11 is 3.29. The van der Waals surface area contributed by atoms with Gasteiger partial charge in [-0.2, -0.15) is 0 Å². The van der Waals surface area contributed by atoms with E-state index in [9.17, 15) is 9.90 Å². The number of rotatable bonds is 3. The molecular formula is C11H21BrN2O2. The molecule has 0 aromatic rings. The van der Waals surface area contributed by atoms with Crippen LogP contribution >= 0.6 is 15.9 Å². The Balaban J connectivity index is 2.37. The summed E-state index contributed by atoms with van der Waals surface area (Å²) in [7, 11) is 0. The lowest BCUT2D eigenvalue weighted by Gasteiger charge is -2.37. The fourth-order valence-corrected chi connectivity index (χ4v) is 2.21. The third-order valence-electron chi connectivity index (χ3n) is 2.63. The maximum Gasteiger partial charge on any atom is 0.236 e. The first kappa shape index (κ1) is 13.9. The van der Waals surface area contributed by atoms with Crippen molar-refractivity contribution in [3.05, 3.63) is 0 Å². The first-order valence-corrected chi connectivity index (χ1v) is 6.59. The molecule has 0 radical (unpaired) electrons. The minimum absolute atomic E-state index is 0.103. The lowest BCUT2D eigenvalue weighted by atomic mass is 10.1. The van der Waals surface area contributed by atoms with E-state index >= 15 is 0 Å². The van der Waals surface area contributed by atoms with E-state index in [4.69, 9.17) is 0 Å². The molecule has 1 aliphatic rings. The van der Waals surface area contributed by atoms with Crippen LogP contribution in [0.25, 0.3) is 0 Å². The quantitative estimate of drug-likeness (QED) is 0.779. The second-order valence-electron chi connectivity index (χ2n) is 5.03. The standard InChI is InChI=1S/C11H21BrN2O2/c1-9(12)10(15)14-6-4-13(5-7-14)8-11(2,3)16/h9,16H,4-8H2,1-3H3.